The van der Waals surface area contributed by atoms with Gasteiger partial charge in [-0.15, -0.1) is 13.2 Å². The molecule has 0 aliphatic heterocycles. The summed E-state index contributed by atoms with van der Waals surface area (Å²) in [6.07, 6.45) is -5.63. The van der Waals surface area contributed by atoms with Crippen molar-refractivity contribution in [1.29, 1.82) is 0 Å². The monoisotopic (exact) mass is 294 g/mol. The number of halogens is 3. The van der Waals surface area contributed by atoms with Gasteiger partial charge in [0.15, 0.2) is 0 Å². The Balaban J connectivity index is 3.27. The molecule has 0 aliphatic carbocycles. The number of pyridine rings is 1. The number of rotatable bonds is 4. The minimum Gasteiger partial charge on any atom is -0.469 e. The summed E-state index contributed by atoms with van der Waals surface area (Å²) < 4.78 is 44.4. The lowest BCUT2D eigenvalue weighted by Gasteiger charge is -2.11. The fourth-order valence-electron chi connectivity index (χ4n) is 1.33. The van der Waals surface area contributed by atoms with Gasteiger partial charge in [0.2, 0.25) is 5.88 Å². The van der Waals surface area contributed by atoms with Gasteiger partial charge in [-0.05, 0) is 6.92 Å². The maximum Gasteiger partial charge on any atom is 0.574 e. The van der Waals surface area contributed by atoms with Gasteiger partial charge in [0, 0.05) is 11.6 Å². The summed E-state index contributed by atoms with van der Waals surface area (Å²) in [7, 11) is 1.04. The maximum absolute atomic E-state index is 12.2. The Morgan fingerprint density at radius 1 is 1.50 bits per heavy atom. The zero-order chi connectivity index (χ0) is 15.5. The largest absolute Gasteiger partial charge is 0.574 e. The highest BCUT2D eigenvalue weighted by atomic mass is 19.4. The molecule has 1 rings (SSSR count). The van der Waals surface area contributed by atoms with E-state index < -0.39 is 40.9 Å². The van der Waals surface area contributed by atoms with Crippen LogP contribution >= 0.6 is 0 Å². The van der Waals surface area contributed by atoms with E-state index >= 15 is 0 Å². The molecule has 110 valence electrons. The summed E-state index contributed by atoms with van der Waals surface area (Å²) in [5.74, 6) is -1.72. The minimum atomic E-state index is -4.99. The first-order chi connectivity index (χ1) is 9.14. The predicted octanol–water partition coefficient (Wildman–Crippen LogP) is 1.91. The van der Waals surface area contributed by atoms with Crippen LogP contribution in [0.15, 0.2) is 6.07 Å². The lowest BCUT2D eigenvalue weighted by Crippen LogP contribution is -2.20. The zero-order valence-electron chi connectivity index (χ0n) is 10.4. The molecule has 0 spiro atoms. The highest BCUT2D eigenvalue weighted by Crippen LogP contribution is 2.29. The van der Waals surface area contributed by atoms with E-state index in [1.165, 1.54) is 6.92 Å². The van der Waals surface area contributed by atoms with E-state index in [4.69, 9.17) is 0 Å². The third-order valence-electron chi connectivity index (χ3n) is 2.17. The van der Waals surface area contributed by atoms with Crippen LogP contribution in [0.1, 0.15) is 11.3 Å². The highest BCUT2D eigenvalue weighted by molar-refractivity contribution is 5.73. The number of carbonyl (C=O) groups excluding carboxylic acids is 1. The van der Waals surface area contributed by atoms with E-state index in [9.17, 15) is 28.1 Å². The Labute approximate surface area is 110 Å². The summed E-state index contributed by atoms with van der Waals surface area (Å²) in [6.45, 7) is 1.17. The zero-order valence-corrected chi connectivity index (χ0v) is 10.4. The third kappa shape index (κ3) is 4.07. The minimum absolute atomic E-state index is 0.178. The molecule has 0 amide bonds. The molecule has 0 unspecified atom stereocenters. The molecule has 0 fully saturated rings. The van der Waals surface area contributed by atoms with Crippen molar-refractivity contribution in [1.82, 2.24) is 4.98 Å². The quantitative estimate of drug-likeness (QED) is 0.478. The van der Waals surface area contributed by atoms with Gasteiger partial charge in [-0.3, -0.25) is 14.9 Å². The third-order valence-corrected chi connectivity index (χ3v) is 2.17. The van der Waals surface area contributed by atoms with Crippen LogP contribution in [0.4, 0.5) is 18.9 Å². The maximum atomic E-state index is 12.2. The Hall–Kier alpha value is -2.39. The van der Waals surface area contributed by atoms with E-state index in [1.54, 1.807) is 0 Å². The lowest BCUT2D eigenvalue weighted by molar-refractivity contribution is -0.386. The Bertz CT molecular complexity index is 544. The first-order valence-electron chi connectivity index (χ1n) is 5.11. The second-order valence-corrected chi connectivity index (χ2v) is 3.63. The van der Waals surface area contributed by atoms with Gasteiger partial charge < -0.3 is 9.47 Å². The fourth-order valence-corrected chi connectivity index (χ4v) is 1.33. The molecule has 0 aliphatic rings. The second-order valence-electron chi connectivity index (χ2n) is 3.63. The average Bonchev–Trinajstić information content (AvgIpc) is 2.30. The number of aryl methyl sites for hydroxylation is 1. The molecule has 20 heavy (non-hydrogen) atoms. The molecule has 0 aromatic carbocycles. The van der Waals surface area contributed by atoms with Crippen molar-refractivity contribution in [2.45, 2.75) is 19.7 Å². The topological polar surface area (TPSA) is 91.6 Å². The Kier molecular flexibility index (Phi) is 4.48. The van der Waals surface area contributed by atoms with Crippen LogP contribution in [0.2, 0.25) is 0 Å². The molecule has 1 heterocycles. The van der Waals surface area contributed by atoms with Crippen molar-refractivity contribution in [3.8, 4) is 5.88 Å². The van der Waals surface area contributed by atoms with E-state index in [0.29, 0.717) is 0 Å². The standard InChI is InChI=1S/C10H9F3N2O5/c1-5-3-7(15(17)18)6(4-8(16)19-2)14-9(5)20-10(11,12)13/h3H,4H2,1-2H3. The number of methoxy groups -OCH3 is 1. The van der Waals surface area contributed by atoms with E-state index in [2.05, 4.69) is 14.5 Å². The summed E-state index contributed by atoms with van der Waals surface area (Å²) >= 11 is 0. The van der Waals surface area contributed by atoms with Crippen LogP contribution in [0.5, 0.6) is 5.88 Å². The van der Waals surface area contributed by atoms with Crippen molar-refractivity contribution in [2.75, 3.05) is 7.11 Å². The van der Waals surface area contributed by atoms with Crippen molar-refractivity contribution < 1.29 is 32.4 Å². The number of nitro groups is 1. The number of aromatic nitrogens is 1. The van der Waals surface area contributed by atoms with Gasteiger partial charge in [-0.2, -0.15) is 0 Å². The lowest BCUT2D eigenvalue weighted by atomic mass is 10.2. The number of esters is 1. The molecular weight excluding hydrogens is 285 g/mol. The molecule has 1 aromatic heterocycles. The average molecular weight is 294 g/mol. The molecule has 0 bridgehead atoms. The van der Waals surface area contributed by atoms with Gasteiger partial charge in [0.1, 0.15) is 5.69 Å². The summed E-state index contributed by atoms with van der Waals surface area (Å²) in [5, 5.41) is 10.8. The molecule has 0 radical (unpaired) electrons. The molecule has 10 heteroatoms. The van der Waals surface area contributed by atoms with E-state index in [-0.39, 0.29) is 5.56 Å². The first-order valence-corrected chi connectivity index (χ1v) is 5.11. The summed E-state index contributed by atoms with van der Waals surface area (Å²) in [4.78, 5) is 24.4. The van der Waals surface area contributed by atoms with Gasteiger partial charge in [-0.25, -0.2) is 4.98 Å². The second kappa shape index (κ2) is 5.72. The molecule has 7 nitrogen and oxygen atoms in total. The number of hydrogen-bond donors (Lipinski definition) is 0. The van der Waals surface area contributed by atoms with Crippen molar-refractivity contribution in [3.05, 3.63) is 27.4 Å². The predicted molar refractivity (Wildman–Crippen MR) is 58.0 cm³/mol. The van der Waals surface area contributed by atoms with Crippen LogP contribution in [0, 0.1) is 17.0 Å². The van der Waals surface area contributed by atoms with Gasteiger partial charge >= 0.3 is 12.3 Å². The molecule has 0 saturated heterocycles. The van der Waals surface area contributed by atoms with E-state index in [1.807, 2.05) is 0 Å². The van der Waals surface area contributed by atoms with Crippen LogP contribution in [-0.2, 0) is 16.0 Å². The number of hydrogen-bond acceptors (Lipinski definition) is 6. The smallest absolute Gasteiger partial charge is 0.469 e. The normalized spacial score (nSPS) is 11.1. The van der Waals surface area contributed by atoms with Crippen LogP contribution in [-0.4, -0.2) is 29.3 Å². The van der Waals surface area contributed by atoms with Crippen molar-refractivity contribution in [3.63, 3.8) is 0 Å². The van der Waals surface area contributed by atoms with Gasteiger partial charge in [0.05, 0.1) is 18.5 Å². The fraction of sp³-hybridized carbons (Fsp3) is 0.400. The van der Waals surface area contributed by atoms with Crippen LogP contribution in [0.3, 0.4) is 0 Å². The number of carbonyl (C=O) groups is 1. The SMILES string of the molecule is COC(=O)Cc1nc(OC(F)(F)F)c(C)cc1[N+](=O)[O-]. The highest BCUT2D eigenvalue weighted by Gasteiger charge is 2.34. The number of alkyl halides is 3. The summed E-state index contributed by atoms with van der Waals surface area (Å²) in [6, 6.07) is 0.854. The molecule has 0 atom stereocenters. The Morgan fingerprint density at radius 2 is 2.10 bits per heavy atom. The Morgan fingerprint density at radius 3 is 2.55 bits per heavy atom. The summed E-state index contributed by atoms with van der Waals surface area (Å²) in [5.41, 5.74) is -1.23. The molecule has 1 aromatic rings. The van der Waals surface area contributed by atoms with Crippen molar-refractivity contribution in [2.24, 2.45) is 0 Å². The van der Waals surface area contributed by atoms with Crippen LogP contribution in [0.25, 0.3) is 0 Å². The van der Waals surface area contributed by atoms with Gasteiger partial charge in [0.25, 0.3) is 5.69 Å². The molecule has 0 N–H and O–H groups in total. The van der Waals surface area contributed by atoms with Gasteiger partial charge in [-0.1, -0.05) is 0 Å². The van der Waals surface area contributed by atoms with E-state index in [0.717, 1.165) is 13.2 Å². The van der Waals surface area contributed by atoms with Crippen LogP contribution < -0.4 is 4.74 Å². The number of nitrogens with zero attached hydrogens (tertiary/aromatic N) is 2. The number of ether oxygens (including phenoxy) is 2. The van der Waals surface area contributed by atoms with Crippen molar-refractivity contribution >= 4 is 11.7 Å². The molecular formula is C10H9F3N2O5. The molecule has 0 saturated carbocycles. The first kappa shape index (κ1) is 15.7.